The Bertz CT molecular complexity index is 154. The average molecular weight is 184 g/mol. The molecule has 1 fully saturated rings. The Labute approximate surface area is 82.9 Å². The van der Waals surface area contributed by atoms with Crippen LogP contribution in [0.1, 0.15) is 34.1 Å². The molecule has 1 atom stereocenters. The zero-order valence-corrected chi connectivity index (χ0v) is 9.75. The fourth-order valence-electron chi connectivity index (χ4n) is 1.99. The third-order valence-corrected chi connectivity index (χ3v) is 3.32. The highest BCUT2D eigenvalue weighted by Crippen LogP contribution is 2.17. The Morgan fingerprint density at radius 2 is 1.85 bits per heavy atom. The molecule has 0 radical (unpaired) electrons. The molecule has 1 saturated heterocycles. The van der Waals surface area contributed by atoms with Gasteiger partial charge >= 0.3 is 0 Å². The molecule has 1 heterocycles. The lowest BCUT2D eigenvalue weighted by Crippen LogP contribution is -2.40. The smallest absolute Gasteiger partial charge is 0.0235 e. The van der Waals surface area contributed by atoms with E-state index in [0.29, 0.717) is 12.1 Å². The molecule has 0 bridgehead atoms. The largest absolute Gasteiger partial charge is 0.300 e. The Hall–Kier alpha value is -0.0800. The third kappa shape index (κ3) is 2.68. The quantitative estimate of drug-likeness (QED) is 0.660. The van der Waals surface area contributed by atoms with Crippen LogP contribution in [0.5, 0.6) is 0 Å². The molecule has 0 unspecified atom stereocenters. The Morgan fingerprint density at radius 3 is 2.23 bits per heavy atom. The van der Waals surface area contributed by atoms with E-state index in [1.165, 1.54) is 19.5 Å². The maximum atomic E-state index is 2.57. The van der Waals surface area contributed by atoms with Gasteiger partial charge in [0.2, 0.25) is 0 Å². The highest BCUT2D eigenvalue weighted by molar-refractivity contribution is 4.84. The second-order valence-corrected chi connectivity index (χ2v) is 4.79. The van der Waals surface area contributed by atoms with Crippen molar-refractivity contribution in [1.29, 1.82) is 0 Å². The van der Waals surface area contributed by atoms with Crippen LogP contribution in [0.3, 0.4) is 0 Å². The van der Waals surface area contributed by atoms with Gasteiger partial charge < -0.3 is 0 Å². The molecule has 2 nitrogen and oxygen atoms in total. The lowest BCUT2D eigenvalue weighted by molar-refractivity contribution is 0.182. The van der Waals surface area contributed by atoms with Crippen molar-refractivity contribution in [2.45, 2.75) is 52.2 Å². The maximum Gasteiger partial charge on any atom is 0.0235 e. The molecule has 0 aromatic heterocycles. The molecule has 0 aliphatic carbocycles. The third-order valence-electron chi connectivity index (χ3n) is 3.32. The molecular formula is C11H24N2. The summed E-state index contributed by atoms with van der Waals surface area (Å²) in [6.07, 6.45) is 1.34. The highest BCUT2D eigenvalue weighted by Gasteiger charge is 2.27. The Morgan fingerprint density at radius 1 is 1.23 bits per heavy atom. The summed E-state index contributed by atoms with van der Waals surface area (Å²) in [5.74, 6) is 0. The highest BCUT2D eigenvalue weighted by atomic mass is 15.3. The van der Waals surface area contributed by atoms with Gasteiger partial charge in [0, 0.05) is 31.2 Å². The number of likely N-dealkylation sites (N-methyl/N-ethyl adjacent to an activating group) is 1. The SMILES string of the molecule is CC(C)N1CC[C@@H](N(C)C(C)C)C1. The molecule has 13 heavy (non-hydrogen) atoms. The number of hydrogen-bond acceptors (Lipinski definition) is 2. The summed E-state index contributed by atoms with van der Waals surface area (Å²) in [7, 11) is 2.25. The topological polar surface area (TPSA) is 6.48 Å². The fourth-order valence-corrected chi connectivity index (χ4v) is 1.99. The molecule has 0 aromatic rings. The molecular weight excluding hydrogens is 160 g/mol. The second-order valence-electron chi connectivity index (χ2n) is 4.79. The first kappa shape index (κ1) is 11.0. The number of likely N-dealkylation sites (tertiary alicyclic amines) is 1. The van der Waals surface area contributed by atoms with Gasteiger partial charge in [-0.05, 0) is 41.2 Å². The van der Waals surface area contributed by atoms with E-state index < -0.39 is 0 Å². The molecule has 0 saturated carbocycles. The Balaban J connectivity index is 2.40. The van der Waals surface area contributed by atoms with Gasteiger partial charge in [-0.15, -0.1) is 0 Å². The first-order valence-corrected chi connectivity index (χ1v) is 5.48. The average Bonchev–Trinajstić information content (AvgIpc) is 2.50. The van der Waals surface area contributed by atoms with Gasteiger partial charge in [0.1, 0.15) is 0 Å². The summed E-state index contributed by atoms with van der Waals surface area (Å²) in [5, 5.41) is 0. The van der Waals surface area contributed by atoms with E-state index in [2.05, 4.69) is 44.5 Å². The van der Waals surface area contributed by atoms with Crippen molar-refractivity contribution < 1.29 is 0 Å². The van der Waals surface area contributed by atoms with Gasteiger partial charge in [-0.25, -0.2) is 0 Å². The van der Waals surface area contributed by atoms with Crippen LogP contribution in [0.2, 0.25) is 0 Å². The van der Waals surface area contributed by atoms with Gasteiger partial charge in [-0.1, -0.05) is 0 Å². The van der Waals surface area contributed by atoms with Gasteiger partial charge in [0.15, 0.2) is 0 Å². The maximum absolute atomic E-state index is 2.57. The number of rotatable bonds is 3. The molecule has 0 spiro atoms. The summed E-state index contributed by atoms with van der Waals surface area (Å²) < 4.78 is 0. The van der Waals surface area contributed by atoms with Gasteiger partial charge in [-0.3, -0.25) is 9.80 Å². The molecule has 1 rings (SSSR count). The van der Waals surface area contributed by atoms with E-state index in [1.54, 1.807) is 0 Å². The minimum atomic E-state index is 0.678. The first-order valence-electron chi connectivity index (χ1n) is 5.48. The lowest BCUT2D eigenvalue weighted by Gasteiger charge is -2.29. The van der Waals surface area contributed by atoms with Crippen LogP contribution in [0, 0.1) is 0 Å². The second kappa shape index (κ2) is 4.43. The predicted molar refractivity (Wildman–Crippen MR) is 58.0 cm³/mol. The Kier molecular flexibility index (Phi) is 3.74. The van der Waals surface area contributed by atoms with Crippen molar-refractivity contribution in [3.63, 3.8) is 0 Å². The minimum Gasteiger partial charge on any atom is -0.300 e. The summed E-state index contributed by atoms with van der Waals surface area (Å²) in [4.78, 5) is 5.08. The van der Waals surface area contributed by atoms with E-state index >= 15 is 0 Å². The lowest BCUT2D eigenvalue weighted by atomic mass is 10.2. The summed E-state index contributed by atoms with van der Waals surface area (Å²) >= 11 is 0. The van der Waals surface area contributed by atoms with Crippen molar-refractivity contribution in [1.82, 2.24) is 9.80 Å². The van der Waals surface area contributed by atoms with Crippen LogP contribution >= 0.6 is 0 Å². The van der Waals surface area contributed by atoms with E-state index in [4.69, 9.17) is 0 Å². The molecule has 2 heteroatoms. The number of hydrogen-bond donors (Lipinski definition) is 0. The predicted octanol–water partition coefficient (Wildman–Crippen LogP) is 1.81. The molecule has 78 valence electrons. The molecule has 0 aromatic carbocycles. The van der Waals surface area contributed by atoms with Crippen molar-refractivity contribution >= 4 is 0 Å². The van der Waals surface area contributed by atoms with E-state index in [-0.39, 0.29) is 0 Å². The van der Waals surface area contributed by atoms with Gasteiger partial charge in [0.05, 0.1) is 0 Å². The van der Waals surface area contributed by atoms with E-state index in [9.17, 15) is 0 Å². The van der Waals surface area contributed by atoms with Crippen LogP contribution in [0.15, 0.2) is 0 Å². The van der Waals surface area contributed by atoms with Crippen molar-refractivity contribution in [2.75, 3.05) is 20.1 Å². The summed E-state index contributed by atoms with van der Waals surface area (Å²) in [6, 6.07) is 2.17. The monoisotopic (exact) mass is 184 g/mol. The van der Waals surface area contributed by atoms with Crippen molar-refractivity contribution in [3.05, 3.63) is 0 Å². The van der Waals surface area contributed by atoms with Crippen LogP contribution in [0.25, 0.3) is 0 Å². The molecule has 0 N–H and O–H groups in total. The van der Waals surface area contributed by atoms with E-state index in [1.807, 2.05) is 0 Å². The van der Waals surface area contributed by atoms with E-state index in [0.717, 1.165) is 6.04 Å². The van der Waals surface area contributed by atoms with Gasteiger partial charge in [-0.2, -0.15) is 0 Å². The molecule has 1 aliphatic heterocycles. The zero-order chi connectivity index (χ0) is 10.0. The summed E-state index contributed by atoms with van der Waals surface area (Å²) in [5.41, 5.74) is 0. The zero-order valence-electron chi connectivity index (χ0n) is 9.75. The van der Waals surface area contributed by atoms with Crippen molar-refractivity contribution in [2.24, 2.45) is 0 Å². The van der Waals surface area contributed by atoms with Gasteiger partial charge in [0.25, 0.3) is 0 Å². The molecule has 0 amide bonds. The molecule has 1 aliphatic rings. The summed E-state index contributed by atoms with van der Waals surface area (Å²) in [6.45, 7) is 11.7. The van der Waals surface area contributed by atoms with Crippen LogP contribution in [0.4, 0.5) is 0 Å². The first-order chi connectivity index (χ1) is 6.02. The van der Waals surface area contributed by atoms with Crippen molar-refractivity contribution in [3.8, 4) is 0 Å². The van der Waals surface area contributed by atoms with Crippen LogP contribution < -0.4 is 0 Å². The minimum absolute atomic E-state index is 0.678. The van der Waals surface area contributed by atoms with Crippen LogP contribution in [-0.4, -0.2) is 48.1 Å². The normalized spacial score (nSPS) is 25.4. The fraction of sp³-hybridized carbons (Fsp3) is 1.00. The van der Waals surface area contributed by atoms with Crippen LogP contribution in [-0.2, 0) is 0 Å². The standard InChI is InChI=1S/C11H24N2/c1-9(2)12(5)11-6-7-13(8-11)10(3)4/h9-11H,6-8H2,1-5H3/t11-/m1/s1. The number of nitrogens with zero attached hydrogens (tertiary/aromatic N) is 2.